The number of hydrogen-bond acceptors (Lipinski definition) is 4. The summed E-state index contributed by atoms with van der Waals surface area (Å²) in [5.74, 6) is -2.32. The molecular weight excluding hydrogens is 378 g/mol. The molecule has 1 aromatic heterocycles. The van der Waals surface area contributed by atoms with Crippen molar-refractivity contribution in [3.8, 4) is 0 Å². The van der Waals surface area contributed by atoms with Gasteiger partial charge in [0.15, 0.2) is 5.78 Å². The Kier molecular flexibility index (Phi) is 6.26. The van der Waals surface area contributed by atoms with Crippen molar-refractivity contribution in [1.82, 2.24) is 9.97 Å². The predicted octanol–water partition coefficient (Wildman–Crippen LogP) is 4.01. The molecule has 0 saturated carbocycles. The SMILES string of the molecule is CC(C)[C@@H](CC(=O)c1cc(=O)[nH]c(N(C)C)n1)c1ccc(C(F)(F)F)c(F)c1. The van der Waals surface area contributed by atoms with Crippen molar-refractivity contribution in [2.24, 2.45) is 5.92 Å². The van der Waals surface area contributed by atoms with E-state index in [4.69, 9.17) is 0 Å². The number of rotatable bonds is 6. The summed E-state index contributed by atoms with van der Waals surface area (Å²) in [6, 6.07) is 3.75. The average molecular weight is 399 g/mol. The number of carbonyl (C=O) groups is 1. The zero-order chi connectivity index (χ0) is 21.2. The first-order valence-corrected chi connectivity index (χ1v) is 8.58. The van der Waals surface area contributed by atoms with Crippen molar-refractivity contribution >= 4 is 11.7 Å². The summed E-state index contributed by atoms with van der Waals surface area (Å²) < 4.78 is 52.3. The van der Waals surface area contributed by atoms with Gasteiger partial charge in [0.2, 0.25) is 5.95 Å². The Labute approximate surface area is 159 Å². The Balaban J connectivity index is 2.35. The maximum atomic E-state index is 14.0. The number of carbonyl (C=O) groups excluding carboxylic acids is 1. The number of anilines is 1. The topological polar surface area (TPSA) is 66.1 Å². The summed E-state index contributed by atoms with van der Waals surface area (Å²) in [5.41, 5.74) is -1.61. The molecule has 0 radical (unpaired) electrons. The summed E-state index contributed by atoms with van der Waals surface area (Å²) in [7, 11) is 3.29. The van der Waals surface area contributed by atoms with Crippen molar-refractivity contribution in [3.05, 3.63) is 57.3 Å². The molecule has 152 valence electrons. The van der Waals surface area contributed by atoms with Crippen LogP contribution in [0.2, 0.25) is 0 Å². The van der Waals surface area contributed by atoms with Crippen LogP contribution in [-0.2, 0) is 6.18 Å². The van der Waals surface area contributed by atoms with Crippen LogP contribution in [0, 0.1) is 11.7 Å². The minimum atomic E-state index is -4.79. The van der Waals surface area contributed by atoms with Gasteiger partial charge in [0, 0.05) is 26.6 Å². The van der Waals surface area contributed by atoms with Crippen LogP contribution < -0.4 is 10.5 Å². The molecule has 0 amide bonds. The Bertz CT molecular complexity index is 920. The summed E-state index contributed by atoms with van der Waals surface area (Å²) in [5, 5.41) is 0. The van der Waals surface area contributed by atoms with Crippen LogP contribution in [0.3, 0.4) is 0 Å². The van der Waals surface area contributed by atoms with Gasteiger partial charge in [0.1, 0.15) is 11.5 Å². The van der Waals surface area contributed by atoms with E-state index in [9.17, 15) is 27.2 Å². The number of Topliss-reactive ketones (excluding diaryl/α,β-unsaturated/α-hetero) is 1. The highest BCUT2D eigenvalue weighted by Gasteiger charge is 2.34. The van der Waals surface area contributed by atoms with Crippen LogP contribution in [0.25, 0.3) is 0 Å². The number of nitrogens with one attached hydrogen (secondary N) is 1. The number of H-pyrrole nitrogens is 1. The summed E-state index contributed by atoms with van der Waals surface area (Å²) >= 11 is 0. The quantitative estimate of drug-likeness (QED) is 0.589. The van der Waals surface area contributed by atoms with E-state index in [-0.39, 0.29) is 29.5 Å². The highest BCUT2D eigenvalue weighted by molar-refractivity contribution is 5.95. The minimum Gasteiger partial charge on any atom is -0.348 e. The Morgan fingerprint density at radius 1 is 1.21 bits per heavy atom. The third kappa shape index (κ3) is 4.96. The van der Waals surface area contributed by atoms with Crippen LogP contribution in [0.15, 0.2) is 29.1 Å². The third-order valence-electron chi connectivity index (χ3n) is 4.38. The average Bonchev–Trinajstić information content (AvgIpc) is 2.57. The van der Waals surface area contributed by atoms with Gasteiger partial charge >= 0.3 is 6.18 Å². The number of aromatic amines is 1. The second kappa shape index (κ2) is 8.12. The van der Waals surface area contributed by atoms with E-state index in [1.165, 1.54) is 11.0 Å². The van der Waals surface area contributed by atoms with E-state index >= 15 is 0 Å². The number of alkyl halides is 3. The molecule has 1 atom stereocenters. The van der Waals surface area contributed by atoms with Crippen LogP contribution >= 0.6 is 0 Å². The molecule has 2 aromatic rings. The molecule has 0 bridgehead atoms. The van der Waals surface area contributed by atoms with Crippen LogP contribution in [0.1, 0.15) is 47.8 Å². The first-order chi connectivity index (χ1) is 12.9. The largest absolute Gasteiger partial charge is 0.419 e. The highest BCUT2D eigenvalue weighted by Crippen LogP contribution is 2.35. The molecule has 0 spiro atoms. The smallest absolute Gasteiger partial charge is 0.348 e. The fourth-order valence-corrected chi connectivity index (χ4v) is 2.83. The van der Waals surface area contributed by atoms with Gasteiger partial charge < -0.3 is 4.90 Å². The molecule has 5 nitrogen and oxygen atoms in total. The van der Waals surface area contributed by atoms with Gasteiger partial charge in [-0.2, -0.15) is 13.2 Å². The van der Waals surface area contributed by atoms with Crippen molar-refractivity contribution < 1.29 is 22.4 Å². The second-order valence-electron chi connectivity index (χ2n) is 7.06. The maximum Gasteiger partial charge on any atom is 0.419 e. The minimum absolute atomic E-state index is 0.0505. The number of ketones is 1. The standard InChI is InChI=1S/C19H21F4N3O2/c1-10(2)12(11-5-6-13(14(20)7-11)19(21,22)23)8-16(27)15-9-17(28)25-18(24-15)26(3)4/h5-7,9-10,12H,8H2,1-4H3,(H,24,25,28)/t12-/m1/s1. The Hall–Kier alpha value is -2.71. The van der Waals surface area contributed by atoms with Gasteiger partial charge in [0.25, 0.3) is 5.56 Å². The van der Waals surface area contributed by atoms with Crippen molar-refractivity contribution in [2.45, 2.75) is 32.4 Å². The van der Waals surface area contributed by atoms with Gasteiger partial charge in [-0.1, -0.05) is 19.9 Å². The van der Waals surface area contributed by atoms with Crippen molar-refractivity contribution in [1.29, 1.82) is 0 Å². The lowest BCUT2D eigenvalue weighted by atomic mass is 9.83. The lowest BCUT2D eigenvalue weighted by molar-refractivity contribution is -0.140. The Morgan fingerprint density at radius 3 is 2.36 bits per heavy atom. The molecule has 2 rings (SSSR count). The number of benzene rings is 1. The molecule has 1 aromatic carbocycles. The fraction of sp³-hybridized carbons (Fsp3) is 0.421. The molecular formula is C19H21F4N3O2. The normalized spacial score (nSPS) is 12.9. The number of nitrogens with zero attached hydrogens (tertiary/aromatic N) is 2. The molecule has 0 unspecified atom stereocenters. The molecule has 0 aliphatic heterocycles. The van der Waals surface area contributed by atoms with Crippen molar-refractivity contribution in [3.63, 3.8) is 0 Å². The van der Waals surface area contributed by atoms with Crippen LogP contribution in [0.4, 0.5) is 23.5 Å². The van der Waals surface area contributed by atoms with Gasteiger partial charge in [-0.25, -0.2) is 9.37 Å². The maximum absolute atomic E-state index is 14.0. The molecule has 9 heteroatoms. The van der Waals surface area contributed by atoms with E-state index in [0.29, 0.717) is 6.07 Å². The molecule has 0 aliphatic rings. The fourth-order valence-electron chi connectivity index (χ4n) is 2.83. The first-order valence-electron chi connectivity index (χ1n) is 8.58. The van der Waals surface area contributed by atoms with Crippen molar-refractivity contribution in [2.75, 3.05) is 19.0 Å². The van der Waals surface area contributed by atoms with Gasteiger partial charge in [-0.3, -0.25) is 14.6 Å². The third-order valence-corrected chi connectivity index (χ3v) is 4.38. The summed E-state index contributed by atoms with van der Waals surface area (Å²) in [6.45, 7) is 3.56. The lowest BCUT2D eigenvalue weighted by Crippen LogP contribution is -2.22. The number of hydrogen-bond donors (Lipinski definition) is 1. The monoisotopic (exact) mass is 399 g/mol. The molecule has 28 heavy (non-hydrogen) atoms. The summed E-state index contributed by atoms with van der Waals surface area (Å²) in [4.78, 5) is 32.5. The summed E-state index contributed by atoms with van der Waals surface area (Å²) in [6.07, 6.45) is -4.91. The van der Waals surface area contributed by atoms with E-state index in [0.717, 1.165) is 12.1 Å². The Morgan fingerprint density at radius 2 is 1.86 bits per heavy atom. The number of halogens is 4. The molecule has 0 saturated heterocycles. The van der Waals surface area contributed by atoms with Crippen LogP contribution in [-0.4, -0.2) is 29.8 Å². The lowest BCUT2D eigenvalue weighted by Gasteiger charge is -2.22. The molecule has 0 fully saturated rings. The zero-order valence-corrected chi connectivity index (χ0v) is 15.9. The number of aromatic nitrogens is 2. The second-order valence-corrected chi connectivity index (χ2v) is 7.06. The molecule has 0 aliphatic carbocycles. The molecule has 1 N–H and O–H groups in total. The zero-order valence-electron chi connectivity index (χ0n) is 15.9. The van der Waals surface area contributed by atoms with E-state index < -0.39 is 34.8 Å². The van der Waals surface area contributed by atoms with Gasteiger partial charge in [-0.05, 0) is 29.5 Å². The van der Waals surface area contributed by atoms with Crippen LogP contribution in [0.5, 0.6) is 0 Å². The highest BCUT2D eigenvalue weighted by atomic mass is 19.4. The van der Waals surface area contributed by atoms with Gasteiger partial charge in [0.05, 0.1) is 5.56 Å². The predicted molar refractivity (Wildman–Crippen MR) is 97.1 cm³/mol. The van der Waals surface area contributed by atoms with E-state index in [2.05, 4.69) is 9.97 Å². The molecule has 1 heterocycles. The first kappa shape index (κ1) is 21.6. The van der Waals surface area contributed by atoms with E-state index in [1.807, 2.05) is 0 Å². The van der Waals surface area contributed by atoms with Gasteiger partial charge in [-0.15, -0.1) is 0 Å². The van der Waals surface area contributed by atoms with E-state index in [1.54, 1.807) is 27.9 Å².